The summed E-state index contributed by atoms with van der Waals surface area (Å²) in [6.07, 6.45) is 3.07. The molecule has 108 valence electrons. The Labute approximate surface area is 115 Å². The summed E-state index contributed by atoms with van der Waals surface area (Å²) in [4.78, 5) is 0.285. The monoisotopic (exact) mass is 285 g/mol. The fourth-order valence-electron chi connectivity index (χ4n) is 1.64. The Bertz CT molecular complexity index is 509. The minimum absolute atomic E-state index is 0.123. The molecule has 1 aromatic rings. The third-order valence-electron chi connectivity index (χ3n) is 3.05. The van der Waals surface area contributed by atoms with Crippen LogP contribution in [0.3, 0.4) is 0 Å². The highest BCUT2D eigenvalue weighted by atomic mass is 32.2. The molecule has 0 atom stereocenters. The Hall–Kier alpha value is -1.07. The molecule has 4 nitrogen and oxygen atoms in total. The predicted octanol–water partition coefficient (Wildman–Crippen LogP) is 2.23. The molecule has 0 saturated carbocycles. The summed E-state index contributed by atoms with van der Waals surface area (Å²) in [5.74, 6) is 0.591. The highest BCUT2D eigenvalue weighted by molar-refractivity contribution is 7.90. The molecule has 0 bridgehead atoms. The molecule has 0 heterocycles. The molecule has 0 aliphatic rings. The van der Waals surface area contributed by atoms with E-state index in [0.29, 0.717) is 18.9 Å². The number of hydrogen-bond donors (Lipinski definition) is 1. The van der Waals surface area contributed by atoms with Gasteiger partial charge in [0.15, 0.2) is 9.84 Å². The van der Waals surface area contributed by atoms with Crippen LogP contribution in [0.25, 0.3) is 0 Å². The van der Waals surface area contributed by atoms with Crippen LogP contribution < -0.4 is 10.5 Å². The Kier molecular flexibility index (Phi) is 5.38. The van der Waals surface area contributed by atoms with Crippen molar-refractivity contribution in [1.82, 2.24) is 0 Å². The summed E-state index contributed by atoms with van der Waals surface area (Å²) in [5.41, 5.74) is 5.78. The minimum atomic E-state index is -3.18. The molecule has 0 unspecified atom stereocenters. The van der Waals surface area contributed by atoms with Gasteiger partial charge in [0, 0.05) is 6.26 Å². The average Bonchev–Trinajstić information content (AvgIpc) is 2.34. The fourth-order valence-corrected chi connectivity index (χ4v) is 2.29. The average molecular weight is 285 g/mol. The van der Waals surface area contributed by atoms with Crippen molar-refractivity contribution in [2.75, 3.05) is 19.4 Å². The van der Waals surface area contributed by atoms with Gasteiger partial charge < -0.3 is 10.5 Å². The van der Waals surface area contributed by atoms with Gasteiger partial charge in [-0.05, 0) is 43.0 Å². The zero-order chi connectivity index (χ0) is 14.5. The van der Waals surface area contributed by atoms with Crippen LogP contribution in [0.1, 0.15) is 26.7 Å². The maximum atomic E-state index is 11.4. The van der Waals surface area contributed by atoms with Gasteiger partial charge in [0.25, 0.3) is 0 Å². The number of ether oxygens (including phenoxy) is 1. The van der Waals surface area contributed by atoms with Crippen LogP contribution >= 0.6 is 0 Å². The molecule has 1 rings (SSSR count). The lowest BCUT2D eigenvalue weighted by molar-refractivity contribution is 0.260. The van der Waals surface area contributed by atoms with E-state index in [1.165, 1.54) is 6.26 Å². The normalized spacial score (nSPS) is 12.4. The Morgan fingerprint density at radius 2 is 2.00 bits per heavy atom. The maximum absolute atomic E-state index is 11.4. The van der Waals surface area contributed by atoms with Crippen molar-refractivity contribution in [2.45, 2.75) is 31.6 Å². The quantitative estimate of drug-likeness (QED) is 0.780. The zero-order valence-electron chi connectivity index (χ0n) is 11.8. The van der Waals surface area contributed by atoms with E-state index in [9.17, 15) is 8.42 Å². The van der Waals surface area contributed by atoms with Crippen LogP contribution in [0.15, 0.2) is 29.2 Å². The molecule has 1 aromatic carbocycles. The molecule has 0 aromatic heterocycles. The highest BCUT2D eigenvalue weighted by Crippen LogP contribution is 2.21. The highest BCUT2D eigenvalue weighted by Gasteiger charge is 2.14. The van der Waals surface area contributed by atoms with Gasteiger partial charge in [-0.15, -0.1) is 0 Å². The summed E-state index contributed by atoms with van der Waals surface area (Å²) in [7, 11) is -3.18. The van der Waals surface area contributed by atoms with Crippen molar-refractivity contribution >= 4 is 9.84 Å². The maximum Gasteiger partial charge on any atom is 0.175 e. The molecule has 0 aliphatic heterocycles. The second-order valence-electron chi connectivity index (χ2n) is 5.57. The first-order chi connectivity index (χ1) is 8.74. The summed E-state index contributed by atoms with van der Waals surface area (Å²) in [5, 5.41) is 0. The second kappa shape index (κ2) is 6.39. The molecule has 0 spiro atoms. The lowest BCUT2D eigenvalue weighted by Gasteiger charge is -2.21. The van der Waals surface area contributed by atoms with Gasteiger partial charge in [0.05, 0.1) is 11.5 Å². The molecule has 2 N–H and O–H groups in total. The first kappa shape index (κ1) is 16.0. The van der Waals surface area contributed by atoms with Gasteiger partial charge in [-0.3, -0.25) is 0 Å². The number of hydrogen-bond acceptors (Lipinski definition) is 4. The fraction of sp³-hybridized carbons (Fsp3) is 0.571. The van der Waals surface area contributed by atoms with Crippen LogP contribution in [0, 0.1) is 5.41 Å². The number of rotatable bonds is 7. The first-order valence-electron chi connectivity index (χ1n) is 6.38. The van der Waals surface area contributed by atoms with E-state index in [2.05, 4.69) is 13.8 Å². The van der Waals surface area contributed by atoms with E-state index in [1.54, 1.807) is 24.3 Å². The third-order valence-corrected chi connectivity index (χ3v) is 4.16. The molecule has 0 amide bonds. The summed E-state index contributed by atoms with van der Waals surface area (Å²) >= 11 is 0. The van der Waals surface area contributed by atoms with Gasteiger partial charge in [0.1, 0.15) is 5.75 Å². The van der Waals surface area contributed by atoms with Crippen LogP contribution in [0.4, 0.5) is 0 Å². The summed E-state index contributed by atoms with van der Waals surface area (Å²) in [6.45, 7) is 5.46. The topological polar surface area (TPSA) is 69.4 Å². The smallest absolute Gasteiger partial charge is 0.175 e. The summed E-state index contributed by atoms with van der Waals surface area (Å²) in [6, 6.07) is 6.58. The van der Waals surface area contributed by atoms with Crippen molar-refractivity contribution in [2.24, 2.45) is 11.1 Å². The molecule has 0 aliphatic carbocycles. The van der Waals surface area contributed by atoms with E-state index in [0.717, 1.165) is 12.8 Å². The zero-order valence-corrected chi connectivity index (χ0v) is 12.7. The van der Waals surface area contributed by atoms with E-state index in [1.807, 2.05) is 0 Å². The molecule has 0 saturated heterocycles. The van der Waals surface area contributed by atoms with Crippen LogP contribution in [0.5, 0.6) is 5.75 Å². The van der Waals surface area contributed by atoms with Crippen molar-refractivity contribution in [3.63, 3.8) is 0 Å². The third kappa shape index (κ3) is 5.61. The standard InChI is InChI=1S/C14H23NO3S/c1-14(2,11-15)8-5-9-18-12-6-4-7-13(10-12)19(3,16)17/h4,6-7,10H,5,8-9,11,15H2,1-3H3. The SMILES string of the molecule is CC(C)(CN)CCCOc1cccc(S(C)(=O)=O)c1. The van der Waals surface area contributed by atoms with Crippen LogP contribution in [0.2, 0.25) is 0 Å². The Balaban J connectivity index is 2.51. The van der Waals surface area contributed by atoms with Crippen molar-refractivity contribution in [1.29, 1.82) is 0 Å². The van der Waals surface area contributed by atoms with E-state index in [-0.39, 0.29) is 10.3 Å². The number of nitrogens with two attached hydrogens (primary N) is 1. The summed E-state index contributed by atoms with van der Waals surface area (Å²) < 4.78 is 28.4. The Morgan fingerprint density at radius 1 is 1.32 bits per heavy atom. The van der Waals surface area contributed by atoms with Crippen molar-refractivity contribution < 1.29 is 13.2 Å². The van der Waals surface area contributed by atoms with Gasteiger partial charge in [-0.1, -0.05) is 19.9 Å². The van der Waals surface area contributed by atoms with Gasteiger partial charge in [0.2, 0.25) is 0 Å². The lowest BCUT2D eigenvalue weighted by Crippen LogP contribution is -2.23. The predicted molar refractivity (Wildman–Crippen MR) is 77.1 cm³/mol. The molecule has 0 radical (unpaired) electrons. The van der Waals surface area contributed by atoms with Gasteiger partial charge in [-0.25, -0.2) is 8.42 Å². The molecule has 0 fully saturated rings. The lowest BCUT2D eigenvalue weighted by atomic mass is 9.88. The van der Waals surface area contributed by atoms with E-state index >= 15 is 0 Å². The molecular weight excluding hydrogens is 262 g/mol. The van der Waals surface area contributed by atoms with Crippen molar-refractivity contribution in [3.8, 4) is 5.75 Å². The molecule has 5 heteroatoms. The molecular formula is C14H23NO3S. The number of benzene rings is 1. The largest absolute Gasteiger partial charge is 0.494 e. The second-order valence-corrected chi connectivity index (χ2v) is 7.58. The van der Waals surface area contributed by atoms with Crippen LogP contribution in [-0.2, 0) is 9.84 Å². The molecule has 19 heavy (non-hydrogen) atoms. The number of sulfone groups is 1. The Morgan fingerprint density at radius 3 is 2.58 bits per heavy atom. The minimum Gasteiger partial charge on any atom is -0.494 e. The first-order valence-corrected chi connectivity index (χ1v) is 8.27. The van der Waals surface area contributed by atoms with Crippen LogP contribution in [-0.4, -0.2) is 27.8 Å². The van der Waals surface area contributed by atoms with Gasteiger partial charge in [-0.2, -0.15) is 0 Å². The van der Waals surface area contributed by atoms with Gasteiger partial charge >= 0.3 is 0 Å². The van der Waals surface area contributed by atoms with Crippen molar-refractivity contribution in [3.05, 3.63) is 24.3 Å². The van der Waals surface area contributed by atoms with E-state index < -0.39 is 9.84 Å². The van der Waals surface area contributed by atoms with E-state index in [4.69, 9.17) is 10.5 Å².